The average Bonchev–Trinajstić information content (AvgIpc) is 2.27. The minimum absolute atomic E-state index is 0.130. The molecule has 0 saturated carbocycles. The van der Waals surface area contributed by atoms with Gasteiger partial charge in [-0.1, -0.05) is 6.92 Å². The normalized spacial score (nSPS) is 11.2. The lowest BCUT2D eigenvalue weighted by Crippen LogP contribution is -2.23. The van der Waals surface area contributed by atoms with Gasteiger partial charge in [-0.2, -0.15) is 0 Å². The van der Waals surface area contributed by atoms with Gasteiger partial charge in [0, 0.05) is 19.2 Å². The van der Waals surface area contributed by atoms with Crippen molar-refractivity contribution in [2.45, 2.75) is 13.3 Å². The molecule has 1 aromatic heterocycles. The summed E-state index contributed by atoms with van der Waals surface area (Å²) in [7, 11) is -1.68. The Morgan fingerprint density at radius 1 is 1.35 bits per heavy atom. The van der Waals surface area contributed by atoms with Crippen LogP contribution in [0, 0.1) is 0 Å². The van der Waals surface area contributed by atoms with Gasteiger partial charge in [-0.15, -0.1) is 0 Å². The summed E-state index contributed by atoms with van der Waals surface area (Å²) in [6.07, 6.45) is 2.17. The van der Waals surface area contributed by atoms with Crippen molar-refractivity contribution >= 4 is 21.7 Å². The van der Waals surface area contributed by atoms with Crippen LogP contribution in [0.15, 0.2) is 6.33 Å². The Hall–Kier alpha value is -1.41. The van der Waals surface area contributed by atoms with Crippen molar-refractivity contribution in [3.8, 4) is 0 Å². The molecule has 8 heteroatoms. The lowest BCUT2D eigenvalue weighted by atomic mass is 10.2. The quantitative estimate of drug-likeness (QED) is 0.651. The van der Waals surface area contributed by atoms with Gasteiger partial charge in [0.15, 0.2) is 0 Å². The molecular weight excluding hydrogens is 242 g/mol. The first-order chi connectivity index (χ1) is 7.98. The predicted octanol–water partition coefficient (Wildman–Crippen LogP) is -0.219. The van der Waals surface area contributed by atoms with Crippen LogP contribution in [0.5, 0.6) is 0 Å². The van der Waals surface area contributed by atoms with E-state index in [1.807, 2.05) is 6.92 Å². The molecule has 0 spiro atoms. The number of nitrogens with one attached hydrogen (secondary N) is 2. The number of nitrogens with two attached hydrogens (primary N) is 1. The van der Waals surface area contributed by atoms with E-state index in [0.717, 1.165) is 17.8 Å². The Bertz CT molecular complexity index is 474. The monoisotopic (exact) mass is 259 g/mol. The number of aromatic nitrogens is 2. The summed E-state index contributed by atoms with van der Waals surface area (Å²) in [6.45, 7) is 2.20. The van der Waals surface area contributed by atoms with Crippen molar-refractivity contribution in [3.05, 3.63) is 11.9 Å². The molecule has 1 heterocycles. The molecular formula is C9H17N5O2S. The number of rotatable bonds is 6. The van der Waals surface area contributed by atoms with Crippen molar-refractivity contribution in [1.29, 1.82) is 0 Å². The molecule has 0 aromatic carbocycles. The number of hydrogen-bond acceptors (Lipinski definition) is 6. The third-order valence-electron chi connectivity index (χ3n) is 2.21. The molecule has 0 amide bonds. The molecule has 0 aliphatic rings. The summed E-state index contributed by atoms with van der Waals surface area (Å²) in [6, 6.07) is 0. The summed E-state index contributed by atoms with van der Waals surface area (Å²) < 4.78 is 21.6. The van der Waals surface area contributed by atoms with Gasteiger partial charge in [-0.05, 0) is 6.42 Å². The first kappa shape index (κ1) is 13.7. The Balaban J connectivity index is 2.77. The number of primary sulfonamides is 1. The van der Waals surface area contributed by atoms with E-state index in [-0.39, 0.29) is 12.3 Å². The van der Waals surface area contributed by atoms with Crippen LogP contribution in [0.1, 0.15) is 12.5 Å². The Kier molecular flexibility index (Phi) is 4.64. The SMILES string of the molecule is CCc1c(NC)ncnc1NCCS(N)(=O)=O. The van der Waals surface area contributed by atoms with Gasteiger partial charge in [0.25, 0.3) is 0 Å². The molecule has 0 unspecified atom stereocenters. The van der Waals surface area contributed by atoms with Crippen LogP contribution in [0.4, 0.5) is 11.6 Å². The van der Waals surface area contributed by atoms with Crippen molar-refractivity contribution < 1.29 is 8.42 Å². The third kappa shape index (κ3) is 4.16. The van der Waals surface area contributed by atoms with E-state index in [1.54, 1.807) is 7.05 Å². The average molecular weight is 259 g/mol. The van der Waals surface area contributed by atoms with Crippen molar-refractivity contribution in [1.82, 2.24) is 9.97 Å². The molecule has 0 fully saturated rings. The maximum atomic E-state index is 10.8. The molecule has 7 nitrogen and oxygen atoms in total. The van der Waals surface area contributed by atoms with Crippen LogP contribution >= 0.6 is 0 Å². The van der Waals surface area contributed by atoms with E-state index >= 15 is 0 Å². The highest BCUT2D eigenvalue weighted by Gasteiger charge is 2.09. The number of nitrogens with zero attached hydrogens (tertiary/aromatic N) is 2. The van der Waals surface area contributed by atoms with E-state index in [2.05, 4.69) is 20.6 Å². The smallest absolute Gasteiger partial charge is 0.210 e. The molecule has 4 N–H and O–H groups in total. The zero-order chi connectivity index (χ0) is 12.9. The van der Waals surface area contributed by atoms with E-state index in [9.17, 15) is 8.42 Å². The summed E-state index contributed by atoms with van der Waals surface area (Å²) in [5.74, 6) is 1.24. The van der Waals surface area contributed by atoms with Gasteiger partial charge in [0.1, 0.15) is 18.0 Å². The maximum absolute atomic E-state index is 10.8. The first-order valence-electron chi connectivity index (χ1n) is 5.24. The van der Waals surface area contributed by atoms with E-state index < -0.39 is 10.0 Å². The van der Waals surface area contributed by atoms with Gasteiger partial charge in [-0.25, -0.2) is 23.5 Å². The van der Waals surface area contributed by atoms with Crippen LogP contribution in [-0.2, 0) is 16.4 Å². The second-order valence-electron chi connectivity index (χ2n) is 3.45. The largest absolute Gasteiger partial charge is 0.373 e. The molecule has 0 saturated heterocycles. The van der Waals surface area contributed by atoms with Crippen LogP contribution in [0.25, 0.3) is 0 Å². The van der Waals surface area contributed by atoms with Gasteiger partial charge in [0.2, 0.25) is 10.0 Å². The lowest BCUT2D eigenvalue weighted by molar-refractivity contribution is 0.598. The fourth-order valence-electron chi connectivity index (χ4n) is 1.43. The fourth-order valence-corrected chi connectivity index (χ4v) is 1.81. The number of hydrogen-bond donors (Lipinski definition) is 3. The minimum Gasteiger partial charge on any atom is -0.373 e. The highest BCUT2D eigenvalue weighted by Crippen LogP contribution is 2.19. The second-order valence-corrected chi connectivity index (χ2v) is 5.18. The minimum atomic E-state index is -3.45. The number of sulfonamides is 1. The van der Waals surface area contributed by atoms with E-state index in [4.69, 9.17) is 5.14 Å². The highest BCUT2D eigenvalue weighted by molar-refractivity contribution is 7.89. The molecule has 0 atom stereocenters. The molecule has 0 bridgehead atoms. The number of anilines is 2. The fraction of sp³-hybridized carbons (Fsp3) is 0.556. The predicted molar refractivity (Wildman–Crippen MR) is 67.4 cm³/mol. The highest BCUT2D eigenvalue weighted by atomic mass is 32.2. The standard InChI is InChI=1S/C9H17N5O2S/c1-3-7-8(11-2)13-6-14-9(7)12-4-5-17(10,15)16/h6H,3-5H2,1-2H3,(H2,10,15,16)(H2,11,12,13,14). The zero-order valence-electron chi connectivity index (χ0n) is 9.90. The van der Waals surface area contributed by atoms with E-state index in [1.165, 1.54) is 6.33 Å². The van der Waals surface area contributed by atoms with Crippen LogP contribution < -0.4 is 15.8 Å². The van der Waals surface area contributed by atoms with E-state index in [0.29, 0.717) is 5.82 Å². The van der Waals surface area contributed by atoms with Gasteiger partial charge in [0.05, 0.1) is 5.75 Å². The Morgan fingerprint density at radius 3 is 2.53 bits per heavy atom. The van der Waals surface area contributed by atoms with Gasteiger partial charge in [-0.3, -0.25) is 0 Å². The van der Waals surface area contributed by atoms with Crippen LogP contribution in [-0.4, -0.2) is 37.7 Å². The Labute approximate surface area is 101 Å². The summed E-state index contributed by atoms with van der Waals surface area (Å²) in [5, 5.41) is 10.8. The molecule has 96 valence electrons. The topological polar surface area (TPSA) is 110 Å². The molecule has 0 aliphatic carbocycles. The third-order valence-corrected chi connectivity index (χ3v) is 2.99. The maximum Gasteiger partial charge on any atom is 0.210 e. The molecule has 0 aliphatic heterocycles. The van der Waals surface area contributed by atoms with Gasteiger partial charge < -0.3 is 10.6 Å². The lowest BCUT2D eigenvalue weighted by Gasteiger charge is -2.12. The van der Waals surface area contributed by atoms with Crippen molar-refractivity contribution in [3.63, 3.8) is 0 Å². The summed E-state index contributed by atoms with van der Waals surface area (Å²) >= 11 is 0. The zero-order valence-corrected chi connectivity index (χ0v) is 10.7. The molecule has 0 radical (unpaired) electrons. The molecule has 1 aromatic rings. The van der Waals surface area contributed by atoms with Crippen LogP contribution in [0.3, 0.4) is 0 Å². The molecule has 1 rings (SSSR count). The second kappa shape index (κ2) is 5.78. The summed E-state index contributed by atoms with van der Waals surface area (Å²) in [4.78, 5) is 8.16. The van der Waals surface area contributed by atoms with Gasteiger partial charge >= 0.3 is 0 Å². The Morgan fingerprint density at radius 2 is 2.00 bits per heavy atom. The summed E-state index contributed by atoms with van der Waals surface area (Å²) in [5.41, 5.74) is 0.921. The van der Waals surface area contributed by atoms with Crippen molar-refractivity contribution in [2.75, 3.05) is 30.0 Å². The first-order valence-corrected chi connectivity index (χ1v) is 6.95. The van der Waals surface area contributed by atoms with Crippen LogP contribution in [0.2, 0.25) is 0 Å². The van der Waals surface area contributed by atoms with Crippen molar-refractivity contribution in [2.24, 2.45) is 5.14 Å². The molecule has 17 heavy (non-hydrogen) atoms.